The van der Waals surface area contributed by atoms with E-state index < -0.39 is 17.7 Å². The van der Waals surface area contributed by atoms with Crippen molar-refractivity contribution in [3.63, 3.8) is 0 Å². The molecule has 0 bridgehead atoms. The van der Waals surface area contributed by atoms with Crippen molar-refractivity contribution in [3.05, 3.63) is 59.7 Å². The molecule has 4 N–H and O–H groups in total. The number of urea groups is 1. The molecule has 21 heavy (non-hydrogen) atoms. The summed E-state index contributed by atoms with van der Waals surface area (Å²) in [5.74, 6) is -1.26. The van der Waals surface area contributed by atoms with Gasteiger partial charge in [0, 0.05) is 24.0 Å². The lowest BCUT2D eigenvalue weighted by molar-refractivity contribution is 0.252. The second-order valence-electron chi connectivity index (χ2n) is 4.53. The molecule has 2 rings (SSSR count). The molecular formula is C15H15F2N3O. The number of carbonyl (C=O) groups excluding carboxylic acids is 1. The first kappa shape index (κ1) is 14.8. The fourth-order valence-corrected chi connectivity index (χ4v) is 1.87. The molecule has 0 aliphatic heterocycles. The van der Waals surface area contributed by atoms with Gasteiger partial charge in [-0.1, -0.05) is 6.07 Å². The van der Waals surface area contributed by atoms with Crippen LogP contribution in [0.4, 0.5) is 25.0 Å². The van der Waals surface area contributed by atoms with Crippen molar-refractivity contribution >= 4 is 17.4 Å². The van der Waals surface area contributed by atoms with E-state index in [1.807, 2.05) is 0 Å². The molecule has 110 valence electrons. The van der Waals surface area contributed by atoms with Crippen LogP contribution in [-0.4, -0.2) is 12.6 Å². The van der Waals surface area contributed by atoms with Crippen LogP contribution in [0.15, 0.2) is 42.5 Å². The van der Waals surface area contributed by atoms with Crippen molar-refractivity contribution in [1.29, 1.82) is 0 Å². The SMILES string of the molecule is Nc1cccc(NC(=O)NCCc2cc(F)cc(F)c2)c1. The standard InChI is InChI=1S/C15H15F2N3O/c16-11-6-10(7-12(17)8-11)4-5-19-15(21)20-14-3-1-2-13(18)9-14/h1-3,6-9H,4-5,18H2,(H2,19,20,21). The molecule has 0 aliphatic carbocycles. The third-order valence-electron chi connectivity index (χ3n) is 2.77. The molecule has 2 aromatic carbocycles. The monoisotopic (exact) mass is 291 g/mol. The zero-order valence-electron chi connectivity index (χ0n) is 11.2. The van der Waals surface area contributed by atoms with Gasteiger partial charge in [0.2, 0.25) is 0 Å². The van der Waals surface area contributed by atoms with Gasteiger partial charge in [0.25, 0.3) is 0 Å². The van der Waals surface area contributed by atoms with Crippen LogP contribution in [-0.2, 0) is 6.42 Å². The molecule has 0 heterocycles. The van der Waals surface area contributed by atoms with Gasteiger partial charge >= 0.3 is 6.03 Å². The molecule has 6 heteroatoms. The van der Waals surface area contributed by atoms with E-state index in [0.717, 1.165) is 6.07 Å². The van der Waals surface area contributed by atoms with E-state index in [2.05, 4.69) is 10.6 Å². The highest BCUT2D eigenvalue weighted by Gasteiger charge is 2.03. The van der Waals surface area contributed by atoms with Gasteiger partial charge in [-0.25, -0.2) is 13.6 Å². The van der Waals surface area contributed by atoms with E-state index in [0.29, 0.717) is 23.4 Å². The highest BCUT2D eigenvalue weighted by atomic mass is 19.1. The molecule has 2 amide bonds. The third kappa shape index (κ3) is 4.76. The summed E-state index contributed by atoms with van der Waals surface area (Å²) in [5, 5.41) is 5.22. The number of nitrogen functional groups attached to an aromatic ring is 1. The molecule has 2 aromatic rings. The van der Waals surface area contributed by atoms with Crippen LogP contribution in [0.25, 0.3) is 0 Å². The van der Waals surface area contributed by atoms with Gasteiger partial charge in [0.1, 0.15) is 11.6 Å². The number of nitrogens with one attached hydrogen (secondary N) is 2. The summed E-state index contributed by atoms with van der Waals surface area (Å²) in [6, 6.07) is 9.64. The molecule has 0 spiro atoms. The highest BCUT2D eigenvalue weighted by Crippen LogP contribution is 2.11. The van der Waals surface area contributed by atoms with Gasteiger partial charge in [0.05, 0.1) is 0 Å². The number of nitrogens with two attached hydrogens (primary N) is 1. The fraction of sp³-hybridized carbons (Fsp3) is 0.133. The van der Waals surface area contributed by atoms with Crippen molar-refractivity contribution in [3.8, 4) is 0 Å². The lowest BCUT2D eigenvalue weighted by Crippen LogP contribution is -2.30. The van der Waals surface area contributed by atoms with Crippen LogP contribution < -0.4 is 16.4 Å². The van der Waals surface area contributed by atoms with Crippen LogP contribution in [0.2, 0.25) is 0 Å². The first-order valence-corrected chi connectivity index (χ1v) is 6.38. The Morgan fingerprint density at radius 1 is 1.10 bits per heavy atom. The number of benzene rings is 2. The number of rotatable bonds is 4. The van der Waals surface area contributed by atoms with Crippen LogP contribution in [0.3, 0.4) is 0 Å². The quantitative estimate of drug-likeness (QED) is 0.758. The maximum atomic E-state index is 13.0. The Hall–Kier alpha value is -2.63. The summed E-state index contributed by atoms with van der Waals surface area (Å²) in [4.78, 5) is 11.6. The first-order chi connectivity index (χ1) is 10.0. The summed E-state index contributed by atoms with van der Waals surface area (Å²) in [7, 11) is 0. The van der Waals surface area contributed by atoms with Gasteiger partial charge in [-0.2, -0.15) is 0 Å². The minimum absolute atomic E-state index is 0.261. The second-order valence-corrected chi connectivity index (χ2v) is 4.53. The number of halogens is 2. The average Bonchev–Trinajstić information content (AvgIpc) is 2.37. The van der Waals surface area contributed by atoms with Crippen molar-refractivity contribution in [2.45, 2.75) is 6.42 Å². The Kier molecular flexibility index (Phi) is 4.71. The van der Waals surface area contributed by atoms with E-state index in [1.54, 1.807) is 24.3 Å². The average molecular weight is 291 g/mol. The van der Waals surface area contributed by atoms with Gasteiger partial charge in [-0.3, -0.25) is 0 Å². The predicted molar refractivity (Wildman–Crippen MR) is 77.9 cm³/mol. The second kappa shape index (κ2) is 6.69. The molecule has 0 unspecified atom stereocenters. The topological polar surface area (TPSA) is 67.1 Å². The summed E-state index contributed by atoms with van der Waals surface area (Å²) >= 11 is 0. The lowest BCUT2D eigenvalue weighted by Gasteiger charge is -2.08. The Labute approximate surface area is 121 Å². The minimum Gasteiger partial charge on any atom is -0.399 e. The van der Waals surface area contributed by atoms with E-state index in [1.165, 1.54) is 12.1 Å². The molecule has 0 saturated heterocycles. The molecule has 0 radical (unpaired) electrons. The number of hydrogen-bond donors (Lipinski definition) is 3. The molecular weight excluding hydrogens is 276 g/mol. The van der Waals surface area contributed by atoms with E-state index in [4.69, 9.17) is 5.73 Å². The summed E-state index contributed by atoms with van der Waals surface area (Å²) in [5.41, 5.74) is 7.20. The van der Waals surface area contributed by atoms with Crippen LogP contribution in [0.1, 0.15) is 5.56 Å². The van der Waals surface area contributed by atoms with Crippen molar-refractivity contribution in [2.75, 3.05) is 17.6 Å². The van der Waals surface area contributed by atoms with Crippen LogP contribution in [0.5, 0.6) is 0 Å². The maximum Gasteiger partial charge on any atom is 0.319 e. The fourth-order valence-electron chi connectivity index (χ4n) is 1.87. The predicted octanol–water partition coefficient (Wildman–Crippen LogP) is 2.91. The molecule has 4 nitrogen and oxygen atoms in total. The zero-order valence-corrected chi connectivity index (χ0v) is 11.2. The summed E-state index contributed by atoms with van der Waals surface area (Å²) in [6.07, 6.45) is 0.332. The van der Waals surface area contributed by atoms with Gasteiger partial charge in [-0.05, 0) is 42.3 Å². The smallest absolute Gasteiger partial charge is 0.319 e. The Morgan fingerprint density at radius 3 is 2.48 bits per heavy atom. The summed E-state index contributed by atoms with van der Waals surface area (Å²) < 4.78 is 26.0. The lowest BCUT2D eigenvalue weighted by atomic mass is 10.1. The molecule has 0 aromatic heterocycles. The van der Waals surface area contributed by atoms with Crippen molar-refractivity contribution in [2.24, 2.45) is 0 Å². The number of anilines is 2. The van der Waals surface area contributed by atoms with E-state index in [9.17, 15) is 13.6 Å². The molecule has 0 saturated carbocycles. The van der Waals surface area contributed by atoms with Gasteiger partial charge < -0.3 is 16.4 Å². The Bertz CT molecular complexity index is 626. The Morgan fingerprint density at radius 2 is 1.81 bits per heavy atom. The molecule has 0 fully saturated rings. The van der Waals surface area contributed by atoms with Gasteiger partial charge in [-0.15, -0.1) is 0 Å². The maximum absolute atomic E-state index is 13.0. The minimum atomic E-state index is -0.630. The Balaban J connectivity index is 1.81. The van der Waals surface area contributed by atoms with Gasteiger partial charge in [0.15, 0.2) is 0 Å². The third-order valence-corrected chi connectivity index (χ3v) is 2.77. The highest BCUT2D eigenvalue weighted by molar-refractivity contribution is 5.89. The largest absolute Gasteiger partial charge is 0.399 e. The number of amides is 2. The number of hydrogen-bond acceptors (Lipinski definition) is 2. The molecule has 0 atom stereocenters. The zero-order chi connectivity index (χ0) is 15.2. The van der Waals surface area contributed by atoms with Crippen LogP contribution in [0, 0.1) is 11.6 Å². The molecule has 0 aliphatic rings. The van der Waals surface area contributed by atoms with Crippen molar-refractivity contribution < 1.29 is 13.6 Å². The van der Waals surface area contributed by atoms with E-state index >= 15 is 0 Å². The van der Waals surface area contributed by atoms with E-state index in [-0.39, 0.29) is 6.54 Å². The van der Waals surface area contributed by atoms with Crippen molar-refractivity contribution in [1.82, 2.24) is 5.32 Å². The first-order valence-electron chi connectivity index (χ1n) is 6.38. The summed E-state index contributed by atoms with van der Waals surface area (Å²) in [6.45, 7) is 0.261. The normalized spacial score (nSPS) is 10.2. The number of carbonyl (C=O) groups is 1. The van der Waals surface area contributed by atoms with Crippen LogP contribution >= 0.6 is 0 Å².